The van der Waals surface area contributed by atoms with Gasteiger partial charge in [-0.3, -0.25) is 4.68 Å². The molecule has 16 heavy (non-hydrogen) atoms. The number of nitrogen functional groups attached to an aromatic ring is 1. The molecule has 0 spiro atoms. The predicted molar refractivity (Wildman–Crippen MR) is 64.1 cm³/mol. The Bertz CT molecular complexity index is 508. The second-order valence-electron chi connectivity index (χ2n) is 4.34. The van der Waals surface area contributed by atoms with Crippen molar-refractivity contribution in [2.75, 3.05) is 5.73 Å². The van der Waals surface area contributed by atoms with Crippen molar-refractivity contribution in [1.29, 1.82) is 0 Å². The standard InChI is InChI=1S/C12H17N3O/c1-7(2)10-11(14-15(4)12(10)13)9-6-5-8(3)16-9/h5-7H,13H2,1-4H3. The number of hydrogen-bond acceptors (Lipinski definition) is 3. The summed E-state index contributed by atoms with van der Waals surface area (Å²) >= 11 is 0. The number of aromatic nitrogens is 2. The van der Waals surface area contributed by atoms with E-state index in [1.807, 2.05) is 26.1 Å². The summed E-state index contributed by atoms with van der Waals surface area (Å²) < 4.78 is 7.29. The third kappa shape index (κ3) is 1.60. The van der Waals surface area contributed by atoms with Crippen LogP contribution >= 0.6 is 0 Å². The van der Waals surface area contributed by atoms with Crippen molar-refractivity contribution in [3.05, 3.63) is 23.5 Å². The molecule has 2 rings (SSSR count). The monoisotopic (exact) mass is 219 g/mol. The molecule has 0 aliphatic rings. The summed E-state index contributed by atoms with van der Waals surface area (Å²) in [7, 11) is 1.85. The summed E-state index contributed by atoms with van der Waals surface area (Å²) in [5, 5.41) is 4.41. The Morgan fingerprint density at radius 3 is 2.56 bits per heavy atom. The number of anilines is 1. The van der Waals surface area contributed by atoms with E-state index in [0.717, 1.165) is 22.8 Å². The molecule has 0 bridgehead atoms. The van der Waals surface area contributed by atoms with Crippen molar-refractivity contribution in [2.24, 2.45) is 7.05 Å². The van der Waals surface area contributed by atoms with Crippen LogP contribution in [0.2, 0.25) is 0 Å². The van der Waals surface area contributed by atoms with Crippen LogP contribution in [0, 0.1) is 6.92 Å². The van der Waals surface area contributed by atoms with Crippen LogP contribution in [0.1, 0.15) is 31.1 Å². The minimum atomic E-state index is 0.328. The highest BCUT2D eigenvalue weighted by molar-refractivity contribution is 5.65. The summed E-state index contributed by atoms with van der Waals surface area (Å²) in [6.07, 6.45) is 0. The number of hydrogen-bond donors (Lipinski definition) is 1. The van der Waals surface area contributed by atoms with Gasteiger partial charge >= 0.3 is 0 Å². The van der Waals surface area contributed by atoms with Gasteiger partial charge < -0.3 is 10.2 Å². The van der Waals surface area contributed by atoms with E-state index >= 15 is 0 Å². The molecule has 0 aliphatic heterocycles. The average molecular weight is 219 g/mol. The van der Waals surface area contributed by atoms with Crippen LogP contribution in [0.5, 0.6) is 0 Å². The van der Waals surface area contributed by atoms with Gasteiger partial charge in [0.15, 0.2) is 5.76 Å². The zero-order valence-corrected chi connectivity index (χ0v) is 10.1. The number of furan rings is 1. The fraction of sp³-hybridized carbons (Fsp3) is 0.417. The van der Waals surface area contributed by atoms with E-state index in [4.69, 9.17) is 10.2 Å². The Kier molecular flexibility index (Phi) is 2.50. The van der Waals surface area contributed by atoms with Gasteiger partial charge in [0.25, 0.3) is 0 Å². The van der Waals surface area contributed by atoms with Crippen LogP contribution in [0.25, 0.3) is 11.5 Å². The Morgan fingerprint density at radius 1 is 1.38 bits per heavy atom. The van der Waals surface area contributed by atoms with Crippen molar-refractivity contribution in [3.63, 3.8) is 0 Å². The van der Waals surface area contributed by atoms with Gasteiger partial charge in [-0.2, -0.15) is 5.10 Å². The quantitative estimate of drug-likeness (QED) is 0.844. The Morgan fingerprint density at radius 2 is 2.06 bits per heavy atom. The largest absolute Gasteiger partial charge is 0.460 e. The highest BCUT2D eigenvalue weighted by Gasteiger charge is 2.20. The van der Waals surface area contributed by atoms with Crippen LogP contribution in [-0.2, 0) is 7.05 Å². The molecule has 0 amide bonds. The Balaban J connectivity index is 2.60. The number of rotatable bonds is 2. The molecule has 4 heteroatoms. The molecule has 86 valence electrons. The molecule has 4 nitrogen and oxygen atoms in total. The maximum absolute atomic E-state index is 6.01. The van der Waals surface area contributed by atoms with Gasteiger partial charge in [-0.15, -0.1) is 0 Å². The molecule has 2 heterocycles. The first-order chi connectivity index (χ1) is 7.50. The van der Waals surface area contributed by atoms with Crippen LogP contribution in [0.15, 0.2) is 16.5 Å². The van der Waals surface area contributed by atoms with E-state index in [-0.39, 0.29) is 0 Å². The zero-order valence-electron chi connectivity index (χ0n) is 10.1. The second kappa shape index (κ2) is 3.70. The summed E-state index contributed by atoms with van der Waals surface area (Å²) in [4.78, 5) is 0. The minimum Gasteiger partial charge on any atom is -0.460 e. The maximum atomic E-state index is 6.01. The Hall–Kier alpha value is -1.71. The third-order valence-electron chi connectivity index (χ3n) is 2.68. The van der Waals surface area contributed by atoms with E-state index < -0.39 is 0 Å². The van der Waals surface area contributed by atoms with Crippen LogP contribution in [0.3, 0.4) is 0 Å². The molecule has 2 aromatic heterocycles. The minimum absolute atomic E-state index is 0.328. The Labute approximate surface area is 95.1 Å². The molecule has 2 N–H and O–H groups in total. The molecule has 0 fully saturated rings. The zero-order chi connectivity index (χ0) is 11.9. The van der Waals surface area contributed by atoms with E-state index in [1.54, 1.807) is 4.68 Å². The lowest BCUT2D eigenvalue weighted by Gasteiger charge is -2.05. The second-order valence-corrected chi connectivity index (χ2v) is 4.34. The maximum Gasteiger partial charge on any atom is 0.154 e. The van der Waals surface area contributed by atoms with Crippen LogP contribution in [-0.4, -0.2) is 9.78 Å². The van der Waals surface area contributed by atoms with Gasteiger partial charge in [0, 0.05) is 12.6 Å². The summed E-state index contributed by atoms with van der Waals surface area (Å²) in [6.45, 7) is 6.13. The van der Waals surface area contributed by atoms with Crippen LogP contribution in [0.4, 0.5) is 5.82 Å². The normalized spacial score (nSPS) is 11.3. The lowest BCUT2D eigenvalue weighted by atomic mass is 10.0. The van der Waals surface area contributed by atoms with E-state index in [2.05, 4.69) is 18.9 Å². The molecular weight excluding hydrogens is 202 g/mol. The molecule has 0 aromatic carbocycles. The fourth-order valence-corrected chi connectivity index (χ4v) is 1.87. The average Bonchev–Trinajstić information content (AvgIpc) is 2.73. The first kappa shape index (κ1) is 10.8. The molecule has 0 saturated heterocycles. The van der Waals surface area contributed by atoms with E-state index in [0.29, 0.717) is 11.7 Å². The SMILES string of the molecule is Cc1ccc(-c2nn(C)c(N)c2C(C)C)o1. The number of nitrogens with zero attached hydrogens (tertiary/aromatic N) is 2. The molecule has 0 atom stereocenters. The van der Waals surface area contributed by atoms with Crippen molar-refractivity contribution in [1.82, 2.24) is 9.78 Å². The highest BCUT2D eigenvalue weighted by atomic mass is 16.3. The molecule has 2 aromatic rings. The molecule has 0 radical (unpaired) electrons. The van der Waals surface area contributed by atoms with Gasteiger partial charge in [-0.1, -0.05) is 13.8 Å². The highest BCUT2D eigenvalue weighted by Crippen LogP contribution is 2.33. The first-order valence-corrected chi connectivity index (χ1v) is 5.40. The predicted octanol–water partition coefficient (Wildman–Crippen LogP) is 2.69. The van der Waals surface area contributed by atoms with Crippen molar-refractivity contribution >= 4 is 5.82 Å². The van der Waals surface area contributed by atoms with Crippen molar-refractivity contribution in [3.8, 4) is 11.5 Å². The summed E-state index contributed by atoms with van der Waals surface area (Å²) in [5.74, 6) is 2.70. The van der Waals surface area contributed by atoms with Gasteiger partial charge in [0.1, 0.15) is 17.3 Å². The van der Waals surface area contributed by atoms with Gasteiger partial charge in [-0.25, -0.2) is 0 Å². The van der Waals surface area contributed by atoms with Crippen molar-refractivity contribution < 1.29 is 4.42 Å². The number of aryl methyl sites for hydroxylation is 2. The lowest BCUT2D eigenvalue weighted by Crippen LogP contribution is -2.00. The topological polar surface area (TPSA) is 57.0 Å². The summed E-state index contributed by atoms with van der Waals surface area (Å²) in [5.41, 5.74) is 7.91. The molecule has 0 saturated carbocycles. The summed E-state index contributed by atoms with van der Waals surface area (Å²) in [6, 6.07) is 3.87. The van der Waals surface area contributed by atoms with Crippen LogP contribution < -0.4 is 5.73 Å². The van der Waals surface area contributed by atoms with E-state index in [9.17, 15) is 0 Å². The van der Waals surface area contributed by atoms with Gasteiger partial charge in [-0.05, 0) is 25.0 Å². The van der Waals surface area contributed by atoms with Gasteiger partial charge in [0.05, 0.1) is 0 Å². The molecule has 0 aliphatic carbocycles. The van der Waals surface area contributed by atoms with E-state index in [1.165, 1.54) is 0 Å². The van der Waals surface area contributed by atoms with Crippen molar-refractivity contribution in [2.45, 2.75) is 26.7 Å². The first-order valence-electron chi connectivity index (χ1n) is 5.40. The molecule has 0 unspecified atom stereocenters. The fourth-order valence-electron chi connectivity index (χ4n) is 1.87. The lowest BCUT2D eigenvalue weighted by molar-refractivity contribution is 0.544. The molecular formula is C12H17N3O. The van der Waals surface area contributed by atoms with Gasteiger partial charge in [0.2, 0.25) is 0 Å². The smallest absolute Gasteiger partial charge is 0.154 e. The third-order valence-corrected chi connectivity index (χ3v) is 2.68. The number of nitrogens with two attached hydrogens (primary N) is 1.